The molecular weight excluding hydrogens is 485 g/mol. The number of rotatable bonds is 10. The fourth-order valence-corrected chi connectivity index (χ4v) is 5.67. The number of amides is 1. The van der Waals surface area contributed by atoms with Crippen molar-refractivity contribution in [3.8, 4) is 17.0 Å². The van der Waals surface area contributed by atoms with Crippen LogP contribution in [0.1, 0.15) is 11.3 Å². The topological polar surface area (TPSA) is 97.4 Å². The Hall–Kier alpha value is -2.47. The van der Waals surface area contributed by atoms with E-state index in [0.717, 1.165) is 28.3 Å². The summed E-state index contributed by atoms with van der Waals surface area (Å²) in [5.41, 5.74) is 1.58. The first-order valence-corrected chi connectivity index (χ1v) is 13.6. The Morgan fingerprint density at radius 2 is 1.91 bits per heavy atom. The molecule has 0 aliphatic carbocycles. The number of hydrogen-bond donors (Lipinski definition) is 2. The molecule has 3 aromatic rings. The summed E-state index contributed by atoms with van der Waals surface area (Å²) in [6, 6.07) is 11.3. The molecule has 2 N–H and O–H groups in total. The standard InChI is InChI=1S/C22H24FN3O4S3/c1-14-20(15-8-10-16(30-2)11-9-15)24-22(32-14)25-21(27)18(12-13-31-3)26-33(28,29)19-7-5-4-6-17(19)23/h4-11,18,26H,12-13H2,1-3H3,(H,24,25,27). The normalized spacial score (nSPS) is 12.4. The van der Waals surface area contributed by atoms with Gasteiger partial charge in [0, 0.05) is 10.4 Å². The van der Waals surface area contributed by atoms with Gasteiger partial charge in [0.1, 0.15) is 22.5 Å². The number of thiazole rings is 1. The SMILES string of the molecule is COc1ccc(-c2nc(NC(=O)C(CCSC)NS(=O)(=O)c3ccccc3F)sc2C)cc1. The second kappa shape index (κ2) is 11.1. The van der Waals surface area contributed by atoms with Crippen LogP contribution in [0.15, 0.2) is 53.4 Å². The summed E-state index contributed by atoms with van der Waals surface area (Å²) in [7, 11) is -2.65. The van der Waals surface area contributed by atoms with E-state index in [-0.39, 0.29) is 6.42 Å². The van der Waals surface area contributed by atoms with Gasteiger partial charge in [-0.25, -0.2) is 17.8 Å². The lowest BCUT2D eigenvalue weighted by Gasteiger charge is -2.17. The molecule has 0 aliphatic rings. The number of halogens is 1. The number of ether oxygens (including phenoxy) is 1. The van der Waals surface area contributed by atoms with E-state index < -0.39 is 32.7 Å². The van der Waals surface area contributed by atoms with Crippen molar-refractivity contribution in [2.45, 2.75) is 24.3 Å². The van der Waals surface area contributed by atoms with Crippen molar-refractivity contribution in [2.24, 2.45) is 0 Å². The smallest absolute Gasteiger partial charge is 0.244 e. The number of thioether (sulfide) groups is 1. The molecule has 3 rings (SSSR count). The molecule has 0 fully saturated rings. The van der Waals surface area contributed by atoms with E-state index >= 15 is 0 Å². The van der Waals surface area contributed by atoms with Gasteiger partial charge in [0.05, 0.1) is 12.8 Å². The molecule has 1 heterocycles. The fourth-order valence-electron chi connectivity index (χ4n) is 3.05. The van der Waals surface area contributed by atoms with E-state index in [2.05, 4.69) is 15.0 Å². The van der Waals surface area contributed by atoms with Crippen LogP contribution in [0.4, 0.5) is 9.52 Å². The number of aromatic nitrogens is 1. The zero-order valence-corrected chi connectivity index (χ0v) is 20.7. The van der Waals surface area contributed by atoms with Crippen LogP contribution in [-0.2, 0) is 14.8 Å². The van der Waals surface area contributed by atoms with Crippen molar-refractivity contribution in [1.82, 2.24) is 9.71 Å². The van der Waals surface area contributed by atoms with Gasteiger partial charge >= 0.3 is 0 Å². The Morgan fingerprint density at radius 3 is 2.55 bits per heavy atom. The largest absolute Gasteiger partial charge is 0.497 e. The highest BCUT2D eigenvalue weighted by molar-refractivity contribution is 7.98. The zero-order chi connectivity index (χ0) is 24.0. The Bertz CT molecular complexity index is 1210. The van der Waals surface area contributed by atoms with Crippen LogP contribution in [0.2, 0.25) is 0 Å². The van der Waals surface area contributed by atoms with Gasteiger partial charge in [-0.15, -0.1) is 11.3 Å². The maximum absolute atomic E-state index is 14.1. The minimum absolute atomic E-state index is 0.233. The molecule has 0 spiro atoms. The monoisotopic (exact) mass is 509 g/mol. The number of benzene rings is 2. The second-order valence-electron chi connectivity index (χ2n) is 7.03. The quantitative estimate of drug-likeness (QED) is 0.423. The molecule has 0 saturated carbocycles. The summed E-state index contributed by atoms with van der Waals surface area (Å²) >= 11 is 2.76. The maximum Gasteiger partial charge on any atom is 0.244 e. The first kappa shape index (κ1) is 25.2. The molecule has 1 amide bonds. The molecular formula is C22H24FN3O4S3. The first-order valence-electron chi connectivity index (χ1n) is 9.93. The van der Waals surface area contributed by atoms with Gasteiger partial charge in [-0.05, 0) is 61.8 Å². The summed E-state index contributed by atoms with van der Waals surface area (Å²) in [6.07, 6.45) is 2.09. The highest BCUT2D eigenvalue weighted by atomic mass is 32.2. The predicted molar refractivity (Wildman–Crippen MR) is 131 cm³/mol. The van der Waals surface area contributed by atoms with E-state index in [1.165, 1.54) is 35.2 Å². The van der Waals surface area contributed by atoms with Crippen LogP contribution in [0, 0.1) is 12.7 Å². The third-order valence-corrected chi connectivity index (χ3v) is 7.78. The van der Waals surface area contributed by atoms with E-state index in [9.17, 15) is 17.6 Å². The van der Waals surface area contributed by atoms with Gasteiger partial charge in [-0.1, -0.05) is 12.1 Å². The average Bonchev–Trinajstić information content (AvgIpc) is 3.16. The van der Waals surface area contributed by atoms with Gasteiger partial charge in [-0.2, -0.15) is 16.5 Å². The number of aryl methyl sites for hydroxylation is 1. The summed E-state index contributed by atoms with van der Waals surface area (Å²) in [5, 5.41) is 3.06. The van der Waals surface area contributed by atoms with Crippen molar-refractivity contribution < 1.29 is 22.3 Å². The van der Waals surface area contributed by atoms with Crippen LogP contribution >= 0.6 is 23.1 Å². The summed E-state index contributed by atoms with van der Waals surface area (Å²) in [5.74, 6) is -0.182. The lowest BCUT2D eigenvalue weighted by Crippen LogP contribution is -2.44. The molecule has 7 nitrogen and oxygen atoms in total. The summed E-state index contributed by atoms with van der Waals surface area (Å²) < 4.78 is 47.0. The number of nitrogens with zero attached hydrogens (tertiary/aromatic N) is 1. The second-order valence-corrected chi connectivity index (χ2v) is 10.9. The molecule has 176 valence electrons. The van der Waals surface area contributed by atoms with Crippen LogP contribution in [-0.4, -0.2) is 44.5 Å². The number of nitrogens with one attached hydrogen (secondary N) is 2. The molecule has 2 aromatic carbocycles. The number of sulfonamides is 1. The van der Waals surface area contributed by atoms with Crippen LogP contribution in [0.3, 0.4) is 0 Å². The Balaban J connectivity index is 1.79. The van der Waals surface area contributed by atoms with Crippen molar-refractivity contribution in [2.75, 3.05) is 24.4 Å². The Morgan fingerprint density at radius 1 is 1.21 bits per heavy atom. The third kappa shape index (κ3) is 6.32. The van der Waals surface area contributed by atoms with Crippen molar-refractivity contribution in [1.29, 1.82) is 0 Å². The summed E-state index contributed by atoms with van der Waals surface area (Å²) in [4.78, 5) is 17.9. The van der Waals surface area contributed by atoms with Crippen LogP contribution < -0.4 is 14.8 Å². The van der Waals surface area contributed by atoms with E-state index in [0.29, 0.717) is 16.6 Å². The van der Waals surface area contributed by atoms with Gasteiger partial charge in [0.25, 0.3) is 0 Å². The maximum atomic E-state index is 14.1. The Labute approximate surface area is 200 Å². The average molecular weight is 510 g/mol. The van der Waals surface area contributed by atoms with E-state index in [1.807, 2.05) is 37.4 Å². The van der Waals surface area contributed by atoms with Gasteiger partial charge in [0.2, 0.25) is 15.9 Å². The molecule has 1 unspecified atom stereocenters. The molecule has 0 saturated heterocycles. The molecule has 33 heavy (non-hydrogen) atoms. The molecule has 1 atom stereocenters. The van der Waals surface area contributed by atoms with Crippen molar-refractivity contribution in [3.63, 3.8) is 0 Å². The fraction of sp³-hybridized carbons (Fsp3) is 0.273. The van der Waals surface area contributed by atoms with E-state index in [1.54, 1.807) is 7.11 Å². The molecule has 0 aliphatic heterocycles. The van der Waals surface area contributed by atoms with E-state index in [4.69, 9.17) is 4.74 Å². The lowest BCUT2D eigenvalue weighted by atomic mass is 10.1. The molecule has 1 aromatic heterocycles. The minimum atomic E-state index is -4.23. The number of methoxy groups -OCH3 is 1. The van der Waals surface area contributed by atoms with Crippen LogP contribution in [0.5, 0.6) is 5.75 Å². The van der Waals surface area contributed by atoms with Gasteiger partial charge in [0.15, 0.2) is 5.13 Å². The number of carbonyl (C=O) groups excluding carboxylic acids is 1. The van der Waals surface area contributed by atoms with Gasteiger partial charge < -0.3 is 10.1 Å². The van der Waals surface area contributed by atoms with Crippen molar-refractivity contribution >= 4 is 44.2 Å². The predicted octanol–water partition coefficient (Wildman–Crippen LogP) is 4.30. The van der Waals surface area contributed by atoms with Crippen LogP contribution in [0.25, 0.3) is 11.3 Å². The first-order chi connectivity index (χ1) is 15.7. The van der Waals surface area contributed by atoms with Crippen molar-refractivity contribution in [3.05, 3.63) is 59.2 Å². The highest BCUT2D eigenvalue weighted by Gasteiger charge is 2.28. The minimum Gasteiger partial charge on any atom is -0.497 e. The molecule has 0 bridgehead atoms. The highest BCUT2D eigenvalue weighted by Crippen LogP contribution is 2.31. The molecule has 0 radical (unpaired) electrons. The zero-order valence-electron chi connectivity index (χ0n) is 18.3. The number of carbonyl (C=O) groups is 1. The number of anilines is 1. The lowest BCUT2D eigenvalue weighted by molar-refractivity contribution is -0.117. The Kier molecular flexibility index (Phi) is 8.46. The van der Waals surface area contributed by atoms with Gasteiger partial charge in [-0.3, -0.25) is 4.79 Å². The molecule has 11 heteroatoms. The third-order valence-electron chi connectivity index (χ3n) is 4.74. The number of hydrogen-bond acceptors (Lipinski definition) is 7. The summed E-state index contributed by atoms with van der Waals surface area (Å²) in [6.45, 7) is 1.89.